The summed E-state index contributed by atoms with van der Waals surface area (Å²) in [5.41, 5.74) is 5.73. The van der Waals surface area contributed by atoms with Gasteiger partial charge in [0.25, 0.3) is 0 Å². The lowest BCUT2D eigenvalue weighted by Gasteiger charge is -2.14. The lowest BCUT2D eigenvalue weighted by Crippen LogP contribution is -2.28. The van der Waals surface area contributed by atoms with E-state index in [4.69, 9.17) is 37.9 Å². The zero-order valence-corrected chi connectivity index (χ0v) is 28.7. The van der Waals surface area contributed by atoms with E-state index in [-0.39, 0.29) is 12.5 Å². The van der Waals surface area contributed by atoms with Gasteiger partial charge in [0.1, 0.15) is 13.2 Å². The van der Waals surface area contributed by atoms with Crippen LogP contribution in [0.25, 0.3) is 11.1 Å². The summed E-state index contributed by atoms with van der Waals surface area (Å²) < 4.78 is 43.6. The Balaban J connectivity index is 0.831. The first kappa shape index (κ1) is 38.8. The fourth-order valence-electron chi connectivity index (χ4n) is 5.22. The highest BCUT2D eigenvalue weighted by Crippen LogP contribution is 2.44. The van der Waals surface area contributed by atoms with Gasteiger partial charge in [-0.05, 0) is 34.2 Å². The Bertz CT molecular complexity index is 1330. The first-order chi connectivity index (χ1) is 24.7. The zero-order chi connectivity index (χ0) is 34.9. The van der Waals surface area contributed by atoms with Gasteiger partial charge in [0, 0.05) is 25.6 Å². The molecule has 0 radical (unpaired) electrons. The van der Waals surface area contributed by atoms with Crippen molar-refractivity contribution < 1.29 is 47.5 Å². The number of hydrogen-bond acceptors (Lipinski definition) is 10. The molecule has 0 aliphatic heterocycles. The van der Waals surface area contributed by atoms with Crippen molar-refractivity contribution >= 4 is 12.2 Å². The summed E-state index contributed by atoms with van der Waals surface area (Å²) in [6, 6.07) is 26.0. The molecule has 0 fully saturated rings. The van der Waals surface area contributed by atoms with Crippen LogP contribution < -0.4 is 10.6 Å². The van der Waals surface area contributed by atoms with E-state index in [0.717, 1.165) is 5.56 Å². The second-order valence-electron chi connectivity index (χ2n) is 11.3. The molecule has 3 aromatic rings. The van der Waals surface area contributed by atoms with Crippen molar-refractivity contribution in [1.29, 1.82) is 0 Å². The van der Waals surface area contributed by atoms with Gasteiger partial charge in [0.15, 0.2) is 0 Å². The number of hydrogen-bond donors (Lipinski definition) is 2. The summed E-state index contributed by atoms with van der Waals surface area (Å²) in [6.07, 6.45) is -0.211. The molecule has 50 heavy (non-hydrogen) atoms. The van der Waals surface area contributed by atoms with Crippen molar-refractivity contribution in [2.75, 3.05) is 99.0 Å². The predicted octanol–water partition coefficient (Wildman–Crippen LogP) is 4.94. The van der Waals surface area contributed by atoms with Crippen molar-refractivity contribution in [3.63, 3.8) is 0 Å². The number of alkyl carbamates (subject to hydrolysis) is 2. The van der Waals surface area contributed by atoms with Gasteiger partial charge < -0.3 is 48.5 Å². The predicted molar refractivity (Wildman–Crippen MR) is 187 cm³/mol. The molecular weight excluding hydrogens is 644 g/mol. The van der Waals surface area contributed by atoms with Crippen molar-refractivity contribution in [2.45, 2.75) is 18.9 Å². The van der Waals surface area contributed by atoms with Crippen molar-refractivity contribution in [3.05, 3.63) is 95.6 Å². The van der Waals surface area contributed by atoms with Crippen LogP contribution in [0.2, 0.25) is 0 Å². The highest BCUT2D eigenvalue weighted by atomic mass is 16.6. The van der Waals surface area contributed by atoms with E-state index in [1.807, 2.05) is 54.6 Å². The smallest absolute Gasteiger partial charge is 0.407 e. The van der Waals surface area contributed by atoms with Gasteiger partial charge in [-0.3, -0.25) is 0 Å². The Morgan fingerprint density at radius 1 is 0.480 bits per heavy atom. The second kappa shape index (κ2) is 24.2. The zero-order valence-electron chi connectivity index (χ0n) is 28.7. The molecule has 4 rings (SSSR count). The van der Waals surface area contributed by atoms with Crippen molar-refractivity contribution in [3.8, 4) is 11.1 Å². The third kappa shape index (κ3) is 14.8. The lowest BCUT2D eigenvalue weighted by atomic mass is 9.98. The number of nitrogens with one attached hydrogen (secondary N) is 2. The summed E-state index contributed by atoms with van der Waals surface area (Å²) in [7, 11) is 0. The van der Waals surface area contributed by atoms with Crippen molar-refractivity contribution in [1.82, 2.24) is 10.6 Å². The van der Waals surface area contributed by atoms with E-state index >= 15 is 0 Å². The summed E-state index contributed by atoms with van der Waals surface area (Å²) in [6.45, 7) is 6.89. The highest BCUT2D eigenvalue weighted by Gasteiger charge is 2.28. The molecule has 1 aliphatic carbocycles. The molecule has 0 saturated heterocycles. The maximum Gasteiger partial charge on any atom is 0.407 e. The number of rotatable bonds is 26. The fourth-order valence-corrected chi connectivity index (χ4v) is 5.22. The van der Waals surface area contributed by atoms with Crippen molar-refractivity contribution in [2.24, 2.45) is 0 Å². The van der Waals surface area contributed by atoms with Crippen LogP contribution in [0.15, 0.2) is 78.9 Å². The fraction of sp³-hybridized carbons (Fsp3) is 0.474. The van der Waals surface area contributed by atoms with Crippen LogP contribution in [-0.2, 0) is 44.5 Å². The van der Waals surface area contributed by atoms with E-state index in [2.05, 4.69) is 34.9 Å². The van der Waals surface area contributed by atoms with Crippen LogP contribution in [0.1, 0.15) is 29.0 Å². The van der Waals surface area contributed by atoms with E-state index in [9.17, 15) is 9.59 Å². The minimum absolute atomic E-state index is 0.0473. The molecule has 12 nitrogen and oxygen atoms in total. The second-order valence-corrected chi connectivity index (χ2v) is 11.3. The SMILES string of the molecule is O=C(NCCOCCOCCOCCOCCOCCOCCCNC(=O)OCC1c2ccccc2-c2ccccc21)OCc1ccccc1. The number of fused-ring (bicyclic) bond motifs is 3. The van der Waals surface area contributed by atoms with E-state index < -0.39 is 12.2 Å². The average molecular weight is 695 g/mol. The van der Waals surface area contributed by atoms with Crippen LogP contribution in [0.3, 0.4) is 0 Å². The molecule has 0 heterocycles. The molecule has 12 heteroatoms. The summed E-state index contributed by atoms with van der Waals surface area (Å²) >= 11 is 0. The van der Waals surface area contributed by atoms with Crippen LogP contribution in [0.4, 0.5) is 9.59 Å². The van der Waals surface area contributed by atoms with Gasteiger partial charge in [-0.25, -0.2) is 9.59 Å². The maximum absolute atomic E-state index is 12.3. The van der Waals surface area contributed by atoms with Gasteiger partial charge >= 0.3 is 12.2 Å². The standard InChI is InChI=1S/C38H50N2O10/c41-37(50-30-36-34-13-6-4-11-32(34)33-12-5-7-14-35(33)36)39-15-8-17-43-19-21-45-23-25-47-27-28-48-26-24-46-22-20-44-18-16-40-38(42)49-29-31-9-2-1-3-10-31/h1-7,9-14,36H,8,15-30H2,(H,39,41)(H,40,42). The van der Waals surface area contributed by atoms with Gasteiger partial charge in [-0.1, -0.05) is 78.9 Å². The Morgan fingerprint density at radius 2 is 0.920 bits per heavy atom. The van der Waals surface area contributed by atoms with Crippen LogP contribution in [0, 0.1) is 0 Å². The van der Waals surface area contributed by atoms with Gasteiger partial charge in [0.2, 0.25) is 0 Å². The van der Waals surface area contributed by atoms with E-state index in [0.29, 0.717) is 105 Å². The number of amides is 2. The molecule has 0 aromatic heterocycles. The van der Waals surface area contributed by atoms with Crippen LogP contribution in [0.5, 0.6) is 0 Å². The summed E-state index contributed by atoms with van der Waals surface area (Å²) in [5.74, 6) is 0.0473. The highest BCUT2D eigenvalue weighted by molar-refractivity contribution is 5.79. The molecule has 0 unspecified atom stereocenters. The molecule has 0 spiro atoms. The minimum Gasteiger partial charge on any atom is -0.449 e. The third-order valence-electron chi connectivity index (χ3n) is 7.67. The van der Waals surface area contributed by atoms with E-state index in [1.165, 1.54) is 22.3 Å². The maximum atomic E-state index is 12.3. The first-order valence-corrected chi connectivity index (χ1v) is 17.2. The lowest BCUT2D eigenvalue weighted by molar-refractivity contribution is -0.0166. The topological polar surface area (TPSA) is 132 Å². The molecular formula is C38H50N2O10. The molecule has 3 aromatic carbocycles. The molecule has 0 atom stereocenters. The molecule has 0 bridgehead atoms. The summed E-state index contributed by atoms with van der Waals surface area (Å²) in [5, 5.41) is 5.44. The van der Waals surface area contributed by atoms with Gasteiger partial charge in [0.05, 0.1) is 72.7 Å². The Kier molecular flexibility index (Phi) is 18.7. The molecule has 0 saturated carbocycles. The Labute approximate surface area is 294 Å². The molecule has 2 N–H and O–H groups in total. The number of carbonyl (C=O) groups is 2. The average Bonchev–Trinajstić information content (AvgIpc) is 3.47. The summed E-state index contributed by atoms with van der Waals surface area (Å²) in [4.78, 5) is 23.9. The quantitative estimate of drug-likeness (QED) is 0.111. The molecule has 272 valence electrons. The number of benzene rings is 3. The third-order valence-corrected chi connectivity index (χ3v) is 7.67. The van der Waals surface area contributed by atoms with Crippen LogP contribution >= 0.6 is 0 Å². The first-order valence-electron chi connectivity index (χ1n) is 17.2. The van der Waals surface area contributed by atoms with Gasteiger partial charge in [-0.15, -0.1) is 0 Å². The van der Waals surface area contributed by atoms with Crippen LogP contribution in [-0.4, -0.2) is 111 Å². The number of carbonyl (C=O) groups excluding carboxylic acids is 2. The Morgan fingerprint density at radius 3 is 1.48 bits per heavy atom. The molecule has 2 amide bonds. The largest absolute Gasteiger partial charge is 0.449 e. The number of ether oxygens (including phenoxy) is 8. The molecule has 1 aliphatic rings. The normalized spacial score (nSPS) is 11.9. The Hall–Kier alpha value is -4.04. The van der Waals surface area contributed by atoms with Gasteiger partial charge in [-0.2, -0.15) is 0 Å². The minimum atomic E-state index is -0.472. The monoisotopic (exact) mass is 694 g/mol. The van der Waals surface area contributed by atoms with E-state index in [1.54, 1.807) is 0 Å².